The number of allylic oxidation sites excluding steroid dienone is 4. The Kier molecular flexibility index (Phi) is 3.63. The van der Waals surface area contributed by atoms with Gasteiger partial charge in [0, 0.05) is 12.8 Å². The molecule has 1 saturated carbocycles. The first-order chi connectivity index (χ1) is 7.65. The lowest BCUT2D eigenvalue weighted by Gasteiger charge is -2.18. The molecule has 2 atom stereocenters. The molecule has 1 nitrogen and oxygen atoms in total. The van der Waals surface area contributed by atoms with E-state index < -0.39 is 0 Å². The Morgan fingerprint density at radius 2 is 1.94 bits per heavy atom. The van der Waals surface area contributed by atoms with Crippen LogP contribution in [0.1, 0.15) is 52.4 Å². The van der Waals surface area contributed by atoms with Gasteiger partial charge >= 0.3 is 0 Å². The van der Waals surface area contributed by atoms with Crippen LogP contribution >= 0.6 is 0 Å². The van der Waals surface area contributed by atoms with Gasteiger partial charge in [-0.1, -0.05) is 23.3 Å². The molecule has 0 N–H and O–H groups in total. The number of fused-ring (bicyclic) bond motifs is 1. The Balaban J connectivity index is 2.14. The summed E-state index contributed by atoms with van der Waals surface area (Å²) in [4.78, 5) is 11.6. The first-order valence-electron chi connectivity index (χ1n) is 6.50. The SMILES string of the molecule is C/C1=C\[C@H]2CC(=O)C[C@@H]2CC/C(C)=C/CC1. The van der Waals surface area contributed by atoms with Crippen molar-refractivity contribution in [3.05, 3.63) is 23.3 Å². The molecule has 2 rings (SSSR count). The molecule has 2 aliphatic rings. The molecule has 0 radical (unpaired) electrons. The second-order valence-corrected chi connectivity index (χ2v) is 5.51. The molecule has 0 unspecified atom stereocenters. The van der Waals surface area contributed by atoms with Gasteiger partial charge in [-0.3, -0.25) is 4.79 Å². The van der Waals surface area contributed by atoms with Crippen molar-refractivity contribution >= 4 is 5.78 Å². The van der Waals surface area contributed by atoms with Crippen LogP contribution in [0.2, 0.25) is 0 Å². The number of carbonyl (C=O) groups is 1. The minimum absolute atomic E-state index is 0.472. The third-order valence-electron chi connectivity index (χ3n) is 4.00. The fourth-order valence-corrected chi connectivity index (χ4v) is 2.98. The van der Waals surface area contributed by atoms with E-state index >= 15 is 0 Å². The maximum Gasteiger partial charge on any atom is 0.133 e. The van der Waals surface area contributed by atoms with E-state index in [1.54, 1.807) is 0 Å². The van der Waals surface area contributed by atoms with Gasteiger partial charge in [0.2, 0.25) is 0 Å². The Morgan fingerprint density at radius 3 is 2.75 bits per heavy atom. The second kappa shape index (κ2) is 4.99. The van der Waals surface area contributed by atoms with Gasteiger partial charge < -0.3 is 0 Å². The molecule has 0 aromatic heterocycles. The van der Waals surface area contributed by atoms with Crippen LogP contribution in [0.15, 0.2) is 23.3 Å². The van der Waals surface area contributed by atoms with Crippen LogP contribution in [0, 0.1) is 11.8 Å². The van der Waals surface area contributed by atoms with Crippen molar-refractivity contribution in [2.24, 2.45) is 11.8 Å². The zero-order valence-corrected chi connectivity index (χ0v) is 10.5. The first-order valence-corrected chi connectivity index (χ1v) is 6.50. The maximum atomic E-state index is 11.6. The number of rotatable bonds is 0. The van der Waals surface area contributed by atoms with E-state index in [1.165, 1.54) is 30.4 Å². The highest BCUT2D eigenvalue weighted by molar-refractivity contribution is 5.81. The summed E-state index contributed by atoms with van der Waals surface area (Å²) in [5.41, 5.74) is 2.98. The summed E-state index contributed by atoms with van der Waals surface area (Å²) in [6, 6.07) is 0. The molecule has 0 amide bonds. The molecule has 0 aliphatic heterocycles. The van der Waals surface area contributed by atoms with Crippen molar-refractivity contribution in [1.82, 2.24) is 0 Å². The molecule has 88 valence electrons. The van der Waals surface area contributed by atoms with E-state index in [2.05, 4.69) is 26.0 Å². The number of hydrogen-bond donors (Lipinski definition) is 0. The molecule has 16 heavy (non-hydrogen) atoms. The van der Waals surface area contributed by atoms with E-state index in [-0.39, 0.29) is 0 Å². The van der Waals surface area contributed by atoms with Crippen LogP contribution < -0.4 is 0 Å². The van der Waals surface area contributed by atoms with Gasteiger partial charge in [-0.2, -0.15) is 0 Å². The number of ketones is 1. The van der Waals surface area contributed by atoms with Crippen molar-refractivity contribution < 1.29 is 4.79 Å². The smallest absolute Gasteiger partial charge is 0.133 e. The quantitative estimate of drug-likeness (QED) is 0.561. The van der Waals surface area contributed by atoms with E-state index in [9.17, 15) is 4.79 Å². The van der Waals surface area contributed by atoms with Gasteiger partial charge in [-0.15, -0.1) is 0 Å². The van der Waals surface area contributed by atoms with Crippen LogP contribution in [0.5, 0.6) is 0 Å². The number of Topliss-reactive ketones (excluding diaryl/α,β-unsaturated/α-hetero) is 1. The molecule has 2 aliphatic carbocycles. The predicted octanol–water partition coefficient (Wildman–Crippen LogP) is 4.05. The van der Waals surface area contributed by atoms with Crippen LogP contribution in [0.4, 0.5) is 0 Å². The molecule has 1 heteroatoms. The van der Waals surface area contributed by atoms with E-state index in [0.29, 0.717) is 17.6 Å². The molecule has 0 heterocycles. The maximum absolute atomic E-state index is 11.6. The predicted molar refractivity (Wildman–Crippen MR) is 67.2 cm³/mol. The van der Waals surface area contributed by atoms with Gasteiger partial charge in [0.25, 0.3) is 0 Å². The van der Waals surface area contributed by atoms with Gasteiger partial charge in [-0.25, -0.2) is 0 Å². The minimum atomic E-state index is 0.472. The summed E-state index contributed by atoms with van der Waals surface area (Å²) < 4.78 is 0. The molecular weight excluding hydrogens is 196 g/mol. The Morgan fingerprint density at radius 1 is 1.12 bits per heavy atom. The Labute approximate surface area is 98.6 Å². The van der Waals surface area contributed by atoms with E-state index in [0.717, 1.165) is 19.3 Å². The number of carbonyl (C=O) groups excluding carboxylic acids is 1. The standard InChI is InChI=1S/C15H22O/c1-11-4-3-5-12(2)8-14-10-15(16)9-13(14)7-6-11/h4,8,13-14H,3,5-7,9-10H2,1-2H3/b11-4+,12-8+/t13-,14-/m0/s1. The van der Waals surface area contributed by atoms with Crippen molar-refractivity contribution in [3.63, 3.8) is 0 Å². The molecule has 0 aromatic carbocycles. The van der Waals surface area contributed by atoms with Gasteiger partial charge in [0.05, 0.1) is 0 Å². The van der Waals surface area contributed by atoms with E-state index in [1.807, 2.05) is 0 Å². The summed E-state index contributed by atoms with van der Waals surface area (Å²) in [6.45, 7) is 4.44. The molecular formula is C15H22O. The zero-order valence-electron chi connectivity index (χ0n) is 10.5. The summed E-state index contributed by atoms with van der Waals surface area (Å²) >= 11 is 0. The Bertz CT molecular complexity index is 335. The van der Waals surface area contributed by atoms with Gasteiger partial charge in [0.15, 0.2) is 0 Å². The third-order valence-corrected chi connectivity index (χ3v) is 4.00. The monoisotopic (exact) mass is 218 g/mol. The largest absolute Gasteiger partial charge is 0.300 e. The van der Waals surface area contributed by atoms with Gasteiger partial charge in [0.1, 0.15) is 5.78 Å². The second-order valence-electron chi connectivity index (χ2n) is 5.51. The highest BCUT2D eigenvalue weighted by Gasteiger charge is 2.31. The molecule has 0 aromatic rings. The van der Waals surface area contributed by atoms with Crippen LogP contribution in [0.3, 0.4) is 0 Å². The average molecular weight is 218 g/mol. The topological polar surface area (TPSA) is 17.1 Å². The fourth-order valence-electron chi connectivity index (χ4n) is 2.98. The van der Waals surface area contributed by atoms with E-state index in [4.69, 9.17) is 0 Å². The lowest BCUT2D eigenvalue weighted by Crippen LogP contribution is -2.07. The van der Waals surface area contributed by atoms with Crippen molar-refractivity contribution in [1.29, 1.82) is 0 Å². The lowest BCUT2D eigenvalue weighted by atomic mass is 9.87. The Hall–Kier alpha value is -0.850. The number of hydrogen-bond acceptors (Lipinski definition) is 1. The third kappa shape index (κ3) is 2.84. The molecule has 0 bridgehead atoms. The van der Waals surface area contributed by atoms with Crippen LogP contribution in [-0.4, -0.2) is 5.78 Å². The highest BCUT2D eigenvalue weighted by Crippen LogP contribution is 2.36. The fraction of sp³-hybridized carbons (Fsp3) is 0.667. The summed E-state index contributed by atoms with van der Waals surface area (Å²) in [5, 5.41) is 0. The molecule has 1 fully saturated rings. The highest BCUT2D eigenvalue weighted by atomic mass is 16.1. The zero-order chi connectivity index (χ0) is 11.5. The summed E-state index contributed by atoms with van der Waals surface area (Å²) in [7, 11) is 0. The lowest BCUT2D eigenvalue weighted by molar-refractivity contribution is -0.117. The first kappa shape index (κ1) is 11.6. The van der Waals surface area contributed by atoms with Crippen molar-refractivity contribution in [2.75, 3.05) is 0 Å². The minimum Gasteiger partial charge on any atom is -0.300 e. The molecule has 0 spiro atoms. The molecule has 0 saturated heterocycles. The normalized spacial score (nSPS) is 38.2. The summed E-state index contributed by atoms with van der Waals surface area (Å²) in [5.74, 6) is 1.63. The average Bonchev–Trinajstić information content (AvgIpc) is 2.55. The summed E-state index contributed by atoms with van der Waals surface area (Å²) in [6.07, 6.45) is 11.1. The van der Waals surface area contributed by atoms with Crippen LogP contribution in [0.25, 0.3) is 0 Å². The van der Waals surface area contributed by atoms with Crippen molar-refractivity contribution in [3.8, 4) is 0 Å². The van der Waals surface area contributed by atoms with Crippen LogP contribution in [-0.2, 0) is 4.79 Å². The van der Waals surface area contributed by atoms with Crippen molar-refractivity contribution in [2.45, 2.75) is 52.4 Å². The van der Waals surface area contributed by atoms with Gasteiger partial charge in [-0.05, 0) is 51.4 Å².